The van der Waals surface area contributed by atoms with E-state index in [0.717, 1.165) is 36.9 Å². The number of fused-ring (bicyclic) bond motifs is 5. The molecule has 7 heteroatoms. The minimum atomic E-state index is -0.571. The second kappa shape index (κ2) is 13.9. The minimum absolute atomic E-state index is 0.0275. The number of amides is 3. The van der Waals surface area contributed by atoms with Crippen molar-refractivity contribution < 1.29 is 14.4 Å². The van der Waals surface area contributed by atoms with Crippen LogP contribution in [0, 0.1) is 0 Å². The molecule has 2 fully saturated rings. The molecule has 0 bridgehead atoms. The van der Waals surface area contributed by atoms with Crippen LogP contribution in [0.2, 0.25) is 0 Å². The van der Waals surface area contributed by atoms with Crippen molar-refractivity contribution in [3.05, 3.63) is 76.4 Å². The lowest BCUT2D eigenvalue weighted by atomic mass is 9.80. The van der Waals surface area contributed by atoms with E-state index in [1.807, 2.05) is 24.3 Å². The third kappa shape index (κ3) is 7.20. The normalized spacial score (nSPS) is 23.3. The van der Waals surface area contributed by atoms with E-state index in [-0.39, 0.29) is 30.8 Å². The molecule has 1 aromatic rings. The van der Waals surface area contributed by atoms with Crippen LogP contribution in [0.25, 0.3) is 0 Å². The Morgan fingerprint density at radius 1 is 0.930 bits per heavy atom. The maximum Gasteiger partial charge on any atom is 0.246 e. The van der Waals surface area contributed by atoms with Crippen molar-refractivity contribution in [1.82, 2.24) is 15.1 Å². The number of para-hydroxylation sites is 1. The van der Waals surface area contributed by atoms with E-state index in [2.05, 4.69) is 78.1 Å². The maximum absolute atomic E-state index is 13.8. The molecule has 0 spiro atoms. The molecule has 2 saturated heterocycles. The molecular weight excluding hydrogens is 536 g/mol. The van der Waals surface area contributed by atoms with E-state index >= 15 is 0 Å². The molecule has 3 heterocycles. The average Bonchev–Trinajstić information content (AvgIpc) is 3.39. The van der Waals surface area contributed by atoms with Crippen molar-refractivity contribution in [3.8, 4) is 0 Å². The molecule has 0 saturated carbocycles. The van der Waals surface area contributed by atoms with Gasteiger partial charge in [0.25, 0.3) is 0 Å². The summed E-state index contributed by atoms with van der Waals surface area (Å²) in [6, 6.07) is 7.35. The van der Waals surface area contributed by atoms with Gasteiger partial charge in [-0.15, -0.1) is 0 Å². The lowest BCUT2D eigenvalue weighted by Gasteiger charge is -2.41. The third-order valence-corrected chi connectivity index (χ3v) is 9.00. The highest BCUT2D eigenvalue weighted by atomic mass is 16.2. The molecule has 3 aliphatic rings. The first-order valence-electron chi connectivity index (χ1n) is 15.7. The fourth-order valence-corrected chi connectivity index (χ4v) is 6.67. The summed E-state index contributed by atoms with van der Waals surface area (Å²) in [6.45, 7) is 15.9. The summed E-state index contributed by atoms with van der Waals surface area (Å²) in [5.41, 5.74) is 6.47. The van der Waals surface area contributed by atoms with Crippen LogP contribution in [0.4, 0.5) is 5.69 Å². The SMILES string of the molecule is CC(C)=CCC/C(C)=C/CNCC(=O)N1c2ccccc2[C@]2(C)C[C@@H]3C(=O)N(C/C=C(\C)CCC=C(C)C)CC(=O)N3[C@H]12. The van der Waals surface area contributed by atoms with Crippen LogP contribution < -0.4 is 10.2 Å². The fraction of sp³-hybridized carbons (Fsp3) is 0.528. The smallest absolute Gasteiger partial charge is 0.246 e. The highest BCUT2D eigenvalue weighted by Gasteiger charge is 2.63. The Bertz CT molecular complexity index is 1350. The molecule has 1 aromatic carbocycles. The Labute approximate surface area is 258 Å². The van der Waals surface area contributed by atoms with Crippen molar-refractivity contribution in [1.29, 1.82) is 0 Å². The molecule has 0 radical (unpaired) electrons. The number of piperazine rings is 1. The van der Waals surface area contributed by atoms with Gasteiger partial charge < -0.3 is 15.1 Å². The topological polar surface area (TPSA) is 73.0 Å². The predicted molar refractivity (Wildman–Crippen MR) is 175 cm³/mol. The van der Waals surface area contributed by atoms with E-state index in [1.54, 1.807) is 14.7 Å². The summed E-state index contributed by atoms with van der Waals surface area (Å²) in [5, 5.41) is 3.29. The monoisotopic (exact) mass is 586 g/mol. The summed E-state index contributed by atoms with van der Waals surface area (Å²) < 4.78 is 0. The number of nitrogens with one attached hydrogen (secondary N) is 1. The van der Waals surface area contributed by atoms with Gasteiger partial charge in [0.05, 0.1) is 6.54 Å². The van der Waals surface area contributed by atoms with Crippen molar-refractivity contribution in [3.63, 3.8) is 0 Å². The number of rotatable bonds is 12. The first kappa shape index (κ1) is 32.5. The summed E-state index contributed by atoms with van der Waals surface area (Å²) in [5.74, 6) is -0.210. The summed E-state index contributed by atoms with van der Waals surface area (Å²) in [6.07, 6.45) is 12.6. The number of anilines is 1. The van der Waals surface area contributed by atoms with Gasteiger partial charge in [-0.3, -0.25) is 19.3 Å². The number of carbonyl (C=O) groups excluding carboxylic acids is 3. The lowest BCUT2D eigenvalue weighted by Crippen LogP contribution is -2.63. The molecule has 43 heavy (non-hydrogen) atoms. The molecule has 1 N–H and O–H groups in total. The van der Waals surface area contributed by atoms with Gasteiger partial charge in [0.1, 0.15) is 18.8 Å². The van der Waals surface area contributed by atoms with E-state index in [1.165, 1.54) is 22.3 Å². The van der Waals surface area contributed by atoms with Gasteiger partial charge in [0.15, 0.2) is 0 Å². The summed E-state index contributed by atoms with van der Waals surface area (Å²) in [4.78, 5) is 46.5. The van der Waals surface area contributed by atoms with Crippen LogP contribution in [0.1, 0.15) is 86.1 Å². The summed E-state index contributed by atoms with van der Waals surface area (Å²) >= 11 is 0. The number of allylic oxidation sites excluding steroid dienone is 6. The largest absolute Gasteiger partial charge is 0.328 e. The molecule has 3 amide bonds. The van der Waals surface area contributed by atoms with Gasteiger partial charge in [-0.25, -0.2) is 0 Å². The van der Waals surface area contributed by atoms with Gasteiger partial charge in [0.2, 0.25) is 17.7 Å². The predicted octanol–water partition coefficient (Wildman–Crippen LogP) is 6.04. The van der Waals surface area contributed by atoms with Gasteiger partial charge in [-0.2, -0.15) is 0 Å². The van der Waals surface area contributed by atoms with Crippen LogP contribution in [0.15, 0.2) is 70.9 Å². The zero-order valence-electron chi connectivity index (χ0n) is 27.2. The van der Waals surface area contributed by atoms with Crippen molar-refractivity contribution in [2.75, 3.05) is 31.1 Å². The molecule has 3 aliphatic heterocycles. The molecule has 0 aliphatic carbocycles. The van der Waals surface area contributed by atoms with Crippen molar-refractivity contribution in [2.45, 2.75) is 98.2 Å². The van der Waals surface area contributed by atoms with Crippen LogP contribution in [0.5, 0.6) is 0 Å². The van der Waals surface area contributed by atoms with E-state index in [4.69, 9.17) is 0 Å². The van der Waals surface area contributed by atoms with E-state index in [9.17, 15) is 14.4 Å². The molecule has 0 aromatic heterocycles. The Balaban J connectivity index is 1.47. The second-order valence-corrected chi connectivity index (χ2v) is 13.2. The maximum atomic E-state index is 13.8. The molecule has 4 rings (SSSR count). The molecule has 3 atom stereocenters. The Hall–Kier alpha value is -3.45. The number of nitrogens with zero attached hydrogens (tertiary/aromatic N) is 3. The Morgan fingerprint density at radius 2 is 1.56 bits per heavy atom. The molecule has 232 valence electrons. The number of hydrogen-bond acceptors (Lipinski definition) is 4. The quantitative estimate of drug-likeness (QED) is 0.240. The van der Waals surface area contributed by atoms with Crippen LogP contribution in [-0.2, 0) is 19.8 Å². The first-order chi connectivity index (χ1) is 20.4. The fourth-order valence-electron chi connectivity index (χ4n) is 6.67. The van der Waals surface area contributed by atoms with Crippen molar-refractivity contribution >= 4 is 23.4 Å². The lowest BCUT2D eigenvalue weighted by molar-refractivity contribution is -0.155. The van der Waals surface area contributed by atoms with E-state index in [0.29, 0.717) is 19.5 Å². The van der Waals surface area contributed by atoms with Gasteiger partial charge >= 0.3 is 0 Å². The standard InChI is InChI=1S/C36H50N4O3/c1-25(2)12-10-14-27(5)18-20-37-23-32(41)39-30-17-9-8-16-29(30)36(7)22-31-34(43)38(24-33(42)40(31)35(36)39)21-19-28(6)15-11-13-26(3)4/h8-9,12-13,16-19,31,35,37H,10-11,14-15,20-24H2,1-7H3/b27-18+,28-19+/t31-,35+,36+/m1/s1. The molecule has 0 unspecified atom stereocenters. The van der Waals surface area contributed by atoms with Crippen LogP contribution in [0.3, 0.4) is 0 Å². The zero-order chi connectivity index (χ0) is 31.3. The minimum Gasteiger partial charge on any atom is -0.328 e. The van der Waals surface area contributed by atoms with Gasteiger partial charge in [-0.1, -0.05) is 71.7 Å². The van der Waals surface area contributed by atoms with E-state index < -0.39 is 17.6 Å². The summed E-state index contributed by atoms with van der Waals surface area (Å²) in [7, 11) is 0. The average molecular weight is 587 g/mol. The van der Waals surface area contributed by atoms with Crippen LogP contribution >= 0.6 is 0 Å². The highest BCUT2D eigenvalue weighted by Crippen LogP contribution is 2.54. The second-order valence-electron chi connectivity index (χ2n) is 13.2. The molecular formula is C36H50N4O3. The van der Waals surface area contributed by atoms with Gasteiger partial charge in [0, 0.05) is 24.2 Å². The zero-order valence-corrected chi connectivity index (χ0v) is 27.2. The van der Waals surface area contributed by atoms with Crippen LogP contribution in [-0.4, -0.2) is 65.9 Å². The van der Waals surface area contributed by atoms with Crippen molar-refractivity contribution in [2.24, 2.45) is 0 Å². The Morgan fingerprint density at radius 3 is 2.21 bits per heavy atom. The third-order valence-electron chi connectivity index (χ3n) is 9.00. The number of hydrogen-bond donors (Lipinski definition) is 1. The number of benzene rings is 1. The molecule has 7 nitrogen and oxygen atoms in total. The first-order valence-corrected chi connectivity index (χ1v) is 15.7. The number of carbonyl (C=O) groups is 3. The van der Waals surface area contributed by atoms with Gasteiger partial charge in [-0.05, 0) is 85.3 Å². The Kier molecular flexibility index (Phi) is 10.5. The highest BCUT2D eigenvalue weighted by molar-refractivity contribution is 6.02.